The first kappa shape index (κ1) is 28.8. The van der Waals surface area contributed by atoms with Crippen LogP contribution in [0, 0.1) is 0 Å². The van der Waals surface area contributed by atoms with Crippen molar-refractivity contribution < 1.29 is 0 Å². The zero-order valence-electron chi connectivity index (χ0n) is 28.2. The molecule has 0 N–H and O–H groups in total. The van der Waals surface area contributed by atoms with E-state index in [-0.39, 0.29) is 0 Å². The van der Waals surface area contributed by atoms with Gasteiger partial charge in [0.25, 0.3) is 0 Å². The summed E-state index contributed by atoms with van der Waals surface area (Å²) in [6, 6.07) is 65.8. The van der Waals surface area contributed by atoms with Gasteiger partial charge in [-0.2, -0.15) is 0 Å². The highest BCUT2D eigenvalue weighted by Gasteiger charge is 2.17. The fourth-order valence-electron chi connectivity index (χ4n) is 8.42. The van der Waals surface area contributed by atoms with Crippen LogP contribution in [0.2, 0.25) is 0 Å². The minimum absolute atomic E-state index is 0.970. The molecule has 11 aromatic rings. The first-order chi connectivity index (χ1) is 25.8. The fraction of sp³-hybridized carbons (Fsp3) is 0. The van der Waals surface area contributed by atoms with Crippen LogP contribution in [0.4, 0.5) is 0 Å². The van der Waals surface area contributed by atoms with Crippen LogP contribution in [-0.2, 0) is 0 Å². The Balaban J connectivity index is 1.02. The molecule has 52 heavy (non-hydrogen) atoms. The molecule has 0 fully saturated rings. The van der Waals surface area contributed by atoms with Crippen LogP contribution in [0.15, 0.2) is 188 Å². The van der Waals surface area contributed by atoms with Gasteiger partial charge in [-0.05, 0) is 58.8 Å². The summed E-state index contributed by atoms with van der Waals surface area (Å²) in [7, 11) is 0. The predicted octanol–water partition coefficient (Wildman–Crippen LogP) is 12.9. The van der Waals surface area contributed by atoms with Crippen molar-refractivity contribution in [3.05, 3.63) is 188 Å². The Morgan fingerprint density at radius 3 is 1.33 bits per heavy atom. The van der Waals surface area contributed by atoms with Gasteiger partial charge in [-0.3, -0.25) is 4.98 Å². The van der Waals surface area contributed by atoms with Crippen molar-refractivity contribution in [2.24, 2.45) is 0 Å². The van der Waals surface area contributed by atoms with Crippen molar-refractivity contribution in [1.82, 2.24) is 14.1 Å². The van der Waals surface area contributed by atoms with Gasteiger partial charge in [0.2, 0.25) is 0 Å². The van der Waals surface area contributed by atoms with Crippen LogP contribution in [0.3, 0.4) is 0 Å². The third-order valence-electron chi connectivity index (χ3n) is 10.8. The molecular formula is C49H31N3. The number of para-hydroxylation sites is 2. The Bertz CT molecular complexity index is 2950. The van der Waals surface area contributed by atoms with Crippen molar-refractivity contribution in [3.63, 3.8) is 0 Å². The van der Waals surface area contributed by atoms with E-state index < -0.39 is 0 Å². The van der Waals surface area contributed by atoms with Gasteiger partial charge < -0.3 is 9.13 Å². The maximum Gasteiger partial charge on any atom is 0.0780 e. The molecule has 0 aliphatic rings. The van der Waals surface area contributed by atoms with E-state index in [2.05, 4.69) is 185 Å². The molecule has 3 heteroatoms. The number of fused-ring (bicyclic) bond motifs is 10. The number of benzene rings is 8. The molecule has 3 nitrogen and oxygen atoms in total. The van der Waals surface area contributed by atoms with E-state index in [1.165, 1.54) is 65.2 Å². The molecule has 0 atom stereocenters. The van der Waals surface area contributed by atoms with Crippen LogP contribution < -0.4 is 0 Å². The molecule has 0 unspecified atom stereocenters. The summed E-state index contributed by atoms with van der Waals surface area (Å²) in [5, 5.41) is 10.1. The summed E-state index contributed by atoms with van der Waals surface area (Å²) in [6.45, 7) is 0. The number of hydrogen-bond acceptors (Lipinski definition) is 1. The Kier molecular flexibility index (Phi) is 6.25. The van der Waals surface area contributed by atoms with Gasteiger partial charge in [-0.15, -0.1) is 0 Å². The van der Waals surface area contributed by atoms with Crippen molar-refractivity contribution >= 4 is 65.2 Å². The monoisotopic (exact) mass is 661 g/mol. The summed E-state index contributed by atoms with van der Waals surface area (Å²) in [5.74, 6) is 0. The summed E-state index contributed by atoms with van der Waals surface area (Å²) < 4.78 is 4.82. The first-order valence-electron chi connectivity index (χ1n) is 17.8. The average molecular weight is 662 g/mol. The Morgan fingerprint density at radius 1 is 0.327 bits per heavy atom. The second-order valence-corrected chi connectivity index (χ2v) is 13.6. The highest BCUT2D eigenvalue weighted by molar-refractivity contribution is 6.19. The SMILES string of the molecule is c1cnc(-c2ccc(-n3c4ccccc4c4ccc5ccccc5c43)cc2)c(-c2ccc(-n3c4ccccc4c4ccc5ccccc5c43)cc2)c1. The van der Waals surface area contributed by atoms with Gasteiger partial charge in [0, 0.05) is 61.0 Å². The maximum atomic E-state index is 4.93. The van der Waals surface area contributed by atoms with Gasteiger partial charge in [-0.1, -0.05) is 140 Å². The van der Waals surface area contributed by atoms with Gasteiger partial charge in [0.15, 0.2) is 0 Å². The molecule has 3 heterocycles. The van der Waals surface area contributed by atoms with E-state index in [9.17, 15) is 0 Å². The minimum atomic E-state index is 0.970. The van der Waals surface area contributed by atoms with E-state index in [1.54, 1.807) is 0 Å². The number of aromatic nitrogens is 3. The lowest BCUT2D eigenvalue weighted by Crippen LogP contribution is -1.96. The van der Waals surface area contributed by atoms with E-state index >= 15 is 0 Å². The Hall–Kier alpha value is -6.97. The molecule has 0 saturated carbocycles. The molecular weight excluding hydrogens is 631 g/mol. The van der Waals surface area contributed by atoms with Crippen molar-refractivity contribution in [2.75, 3.05) is 0 Å². The van der Waals surface area contributed by atoms with Crippen molar-refractivity contribution in [1.29, 1.82) is 0 Å². The fourth-order valence-corrected chi connectivity index (χ4v) is 8.42. The number of hydrogen-bond donors (Lipinski definition) is 0. The van der Waals surface area contributed by atoms with Gasteiger partial charge in [-0.25, -0.2) is 0 Å². The van der Waals surface area contributed by atoms with Gasteiger partial charge in [0.1, 0.15) is 0 Å². The molecule has 3 aromatic heterocycles. The van der Waals surface area contributed by atoms with Gasteiger partial charge in [0.05, 0.1) is 27.8 Å². The van der Waals surface area contributed by atoms with Crippen LogP contribution in [0.5, 0.6) is 0 Å². The van der Waals surface area contributed by atoms with Crippen LogP contribution in [0.25, 0.3) is 98.9 Å². The number of pyridine rings is 1. The van der Waals surface area contributed by atoms with Crippen molar-refractivity contribution in [3.8, 4) is 33.8 Å². The van der Waals surface area contributed by atoms with Gasteiger partial charge >= 0.3 is 0 Å². The Morgan fingerprint density at radius 2 is 0.788 bits per heavy atom. The number of nitrogens with zero attached hydrogens (tertiary/aromatic N) is 3. The lowest BCUT2D eigenvalue weighted by molar-refractivity contribution is 1.18. The third kappa shape index (κ3) is 4.23. The quantitative estimate of drug-likeness (QED) is 0.184. The topological polar surface area (TPSA) is 22.8 Å². The normalized spacial score (nSPS) is 11.8. The van der Waals surface area contributed by atoms with E-state index in [4.69, 9.17) is 4.98 Å². The smallest absolute Gasteiger partial charge is 0.0780 e. The summed E-state index contributed by atoms with van der Waals surface area (Å²) in [5.41, 5.74) is 11.5. The molecule has 11 rings (SSSR count). The lowest BCUT2D eigenvalue weighted by atomic mass is 9.99. The standard InChI is InChI=1S/C49H31N3/c1-3-12-39-32(10-1)23-29-43-41-14-5-7-17-45(41)51(48(39)43)36-25-19-34(20-26-36)38-16-9-31-50-47(38)35-21-27-37(28-22-35)52-46-18-8-6-15-42(46)44-30-24-33-11-2-4-13-40(33)49(44)52/h1-31H. The Labute approximate surface area is 300 Å². The molecule has 0 saturated heterocycles. The molecule has 242 valence electrons. The summed E-state index contributed by atoms with van der Waals surface area (Å²) in [6.07, 6.45) is 1.89. The molecule has 0 aliphatic heterocycles. The lowest BCUT2D eigenvalue weighted by Gasteiger charge is -2.14. The van der Waals surface area contributed by atoms with Crippen LogP contribution in [-0.4, -0.2) is 14.1 Å². The van der Waals surface area contributed by atoms with Crippen molar-refractivity contribution in [2.45, 2.75) is 0 Å². The molecule has 0 aliphatic carbocycles. The second-order valence-electron chi connectivity index (χ2n) is 13.6. The summed E-state index contributed by atoms with van der Waals surface area (Å²) in [4.78, 5) is 4.93. The second kappa shape index (κ2) is 11.3. The average Bonchev–Trinajstić information content (AvgIpc) is 3.75. The zero-order valence-corrected chi connectivity index (χ0v) is 28.2. The first-order valence-corrected chi connectivity index (χ1v) is 17.8. The highest BCUT2D eigenvalue weighted by atomic mass is 15.0. The third-order valence-corrected chi connectivity index (χ3v) is 10.8. The van der Waals surface area contributed by atoms with Crippen LogP contribution >= 0.6 is 0 Å². The zero-order chi connectivity index (χ0) is 34.2. The predicted molar refractivity (Wildman–Crippen MR) is 219 cm³/mol. The molecule has 0 radical (unpaired) electrons. The number of rotatable bonds is 4. The largest absolute Gasteiger partial charge is 0.309 e. The van der Waals surface area contributed by atoms with E-state index in [0.29, 0.717) is 0 Å². The summed E-state index contributed by atoms with van der Waals surface area (Å²) >= 11 is 0. The molecule has 0 spiro atoms. The van der Waals surface area contributed by atoms with E-state index in [0.717, 1.165) is 33.8 Å². The van der Waals surface area contributed by atoms with Crippen LogP contribution in [0.1, 0.15) is 0 Å². The highest BCUT2D eigenvalue weighted by Crippen LogP contribution is 2.39. The molecule has 0 bridgehead atoms. The molecule has 0 amide bonds. The molecule has 8 aromatic carbocycles. The minimum Gasteiger partial charge on any atom is -0.309 e. The maximum absolute atomic E-state index is 4.93. The van der Waals surface area contributed by atoms with E-state index in [1.807, 2.05) is 12.3 Å².